The molecule has 1 atom stereocenters. The van der Waals surface area contributed by atoms with Crippen LogP contribution in [0.25, 0.3) is 10.9 Å². The number of aromatic nitrogens is 1. The van der Waals surface area contributed by atoms with Crippen LogP contribution in [0.3, 0.4) is 0 Å². The van der Waals surface area contributed by atoms with Gasteiger partial charge >= 0.3 is 0 Å². The van der Waals surface area contributed by atoms with Crippen molar-refractivity contribution in [3.8, 4) is 0 Å². The predicted octanol–water partition coefficient (Wildman–Crippen LogP) is 4.88. The quantitative estimate of drug-likeness (QED) is 0.645. The van der Waals surface area contributed by atoms with E-state index in [9.17, 15) is 9.30 Å². The molecule has 0 spiro atoms. The van der Waals surface area contributed by atoms with Crippen LogP contribution in [-0.2, 0) is 6.42 Å². The van der Waals surface area contributed by atoms with Crippen molar-refractivity contribution in [2.75, 3.05) is 5.75 Å². The number of aryl methyl sites for hydroxylation is 1. The van der Waals surface area contributed by atoms with E-state index in [1.54, 1.807) is 36.0 Å². The lowest BCUT2D eigenvalue weighted by molar-refractivity contribution is 0.599. The van der Waals surface area contributed by atoms with Crippen LogP contribution in [0, 0.1) is 10.7 Å². The summed E-state index contributed by atoms with van der Waals surface area (Å²) in [6.45, 7) is 0. The van der Waals surface area contributed by atoms with E-state index < -0.39 is 11.9 Å². The third kappa shape index (κ3) is 2.51. The van der Waals surface area contributed by atoms with Crippen molar-refractivity contribution in [2.24, 2.45) is 5.18 Å². The molecule has 2 heterocycles. The second kappa shape index (κ2) is 5.74. The minimum atomic E-state index is -0.844. The van der Waals surface area contributed by atoms with E-state index in [1.165, 1.54) is 11.6 Å². The molecule has 0 bridgehead atoms. The summed E-state index contributed by atoms with van der Waals surface area (Å²) < 4.78 is 14.0. The highest BCUT2D eigenvalue weighted by molar-refractivity contribution is 7.99. The van der Waals surface area contributed by atoms with E-state index in [0.29, 0.717) is 11.1 Å². The molecule has 3 aromatic rings. The molecule has 2 aromatic carbocycles. The summed E-state index contributed by atoms with van der Waals surface area (Å²) in [7, 11) is 0. The molecule has 0 N–H and O–H groups in total. The Kier molecular flexibility index (Phi) is 3.58. The summed E-state index contributed by atoms with van der Waals surface area (Å²) in [6, 6.07) is 13.1. The van der Waals surface area contributed by atoms with E-state index >= 15 is 0 Å². The molecule has 0 saturated carbocycles. The normalized spacial score (nSPS) is 14.7. The molecule has 4 rings (SSSR count). The van der Waals surface area contributed by atoms with Gasteiger partial charge in [0.1, 0.15) is 11.9 Å². The monoisotopic (exact) mass is 324 g/mol. The molecule has 0 aliphatic carbocycles. The van der Waals surface area contributed by atoms with Gasteiger partial charge in [-0.05, 0) is 41.8 Å². The Morgan fingerprint density at radius 3 is 2.87 bits per heavy atom. The van der Waals surface area contributed by atoms with E-state index in [0.717, 1.165) is 28.1 Å². The van der Waals surface area contributed by atoms with Gasteiger partial charge in [0.05, 0.1) is 10.5 Å². The fourth-order valence-electron chi connectivity index (χ4n) is 2.95. The van der Waals surface area contributed by atoms with Crippen LogP contribution in [0.1, 0.15) is 22.7 Å². The molecule has 5 heteroatoms. The van der Waals surface area contributed by atoms with Gasteiger partial charge < -0.3 is 0 Å². The van der Waals surface area contributed by atoms with Crippen LogP contribution in [0.5, 0.6) is 0 Å². The topological polar surface area (TPSA) is 42.3 Å². The van der Waals surface area contributed by atoms with Crippen molar-refractivity contribution in [1.29, 1.82) is 0 Å². The number of pyridine rings is 1. The molecule has 0 fully saturated rings. The number of nitrogens with zero attached hydrogens (tertiary/aromatic N) is 2. The van der Waals surface area contributed by atoms with E-state index in [1.807, 2.05) is 12.1 Å². The first-order valence-electron chi connectivity index (χ1n) is 7.39. The van der Waals surface area contributed by atoms with Crippen LogP contribution < -0.4 is 0 Å². The second-order valence-electron chi connectivity index (χ2n) is 5.53. The van der Waals surface area contributed by atoms with Crippen molar-refractivity contribution in [2.45, 2.75) is 17.5 Å². The zero-order chi connectivity index (χ0) is 15.8. The summed E-state index contributed by atoms with van der Waals surface area (Å²) in [5, 5.41) is 5.21. The highest BCUT2D eigenvalue weighted by Crippen LogP contribution is 2.34. The first-order valence-corrected chi connectivity index (χ1v) is 8.38. The van der Waals surface area contributed by atoms with Gasteiger partial charge in [-0.2, -0.15) is 0 Å². The Hall–Kier alpha value is -2.27. The third-order valence-electron chi connectivity index (χ3n) is 4.11. The van der Waals surface area contributed by atoms with Gasteiger partial charge in [-0.1, -0.05) is 29.4 Å². The van der Waals surface area contributed by atoms with Crippen molar-refractivity contribution in [3.05, 3.63) is 75.9 Å². The van der Waals surface area contributed by atoms with Crippen LogP contribution in [0.2, 0.25) is 0 Å². The summed E-state index contributed by atoms with van der Waals surface area (Å²) in [4.78, 5) is 16.0. The molecule has 1 aliphatic rings. The van der Waals surface area contributed by atoms with Crippen LogP contribution in [0.4, 0.5) is 4.39 Å². The maximum Gasteiger partial charge on any atom is 0.145 e. The molecule has 114 valence electrons. The summed E-state index contributed by atoms with van der Waals surface area (Å²) >= 11 is 1.77. The zero-order valence-corrected chi connectivity index (χ0v) is 13.0. The minimum Gasteiger partial charge on any atom is -0.241 e. The Morgan fingerprint density at radius 2 is 2.04 bits per heavy atom. The Balaban J connectivity index is 1.83. The average Bonchev–Trinajstić information content (AvgIpc) is 3.02. The molecule has 3 nitrogen and oxygen atoms in total. The maximum atomic E-state index is 14.0. The fraction of sp³-hybridized carbons (Fsp3) is 0.167. The summed E-state index contributed by atoms with van der Waals surface area (Å²) in [5.41, 5.74) is 3.11. The first kappa shape index (κ1) is 14.3. The molecule has 23 heavy (non-hydrogen) atoms. The smallest absolute Gasteiger partial charge is 0.145 e. The van der Waals surface area contributed by atoms with Crippen molar-refractivity contribution in [1.82, 2.24) is 4.98 Å². The van der Waals surface area contributed by atoms with E-state index in [2.05, 4.69) is 16.2 Å². The number of nitroso groups, excluding NO2 is 1. The zero-order valence-electron chi connectivity index (χ0n) is 12.2. The highest BCUT2D eigenvalue weighted by atomic mass is 32.2. The number of rotatable bonds is 3. The summed E-state index contributed by atoms with van der Waals surface area (Å²) in [5.74, 6) is 0.639. The molecule has 0 radical (unpaired) electrons. The molecule has 0 amide bonds. The molecular formula is C18H13FN2OS. The predicted molar refractivity (Wildman–Crippen MR) is 90.2 cm³/mol. The minimum absolute atomic E-state index is 0.298. The van der Waals surface area contributed by atoms with Gasteiger partial charge in [0.2, 0.25) is 0 Å². The van der Waals surface area contributed by atoms with Gasteiger partial charge in [0.15, 0.2) is 0 Å². The highest BCUT2D eigenvalue weighted by Gasteiger charge is 2.20. The number of benzene rings is 2. The van der Waals surface area contributed by atoms with Crippen LogP contribution in [-0.4, -0.2) is 10.7 Å². The van der Waals surface area contributed by atoms with E-state index in [4.69, 9.17) is 0 Å². The Labute approximate surface area is 136 Å². The number of thioether (sulfide) groups is 1. The molecular weight excluding hydrogens is 311 g/mol. The Morgan fingerprint density at radius 1 is 1.17 bits per heavy atom. The van der Waals surface area contributed by atoms with Crippen molar-refractivity contribution in [3.63, 3.8) is 0 Å². The fourth-order valence-corrected chi connectivity index (χ4v) is 3.97. The van der Waals surface area contributed by atoms with Crippen molar-refractivity contribution < 1.29 is 4.39 Å². The van der Waals surface area contributed by atoms with Gasteiger partial charge in [0.25, 0.3) is 0 Å². The lowest BCUT2D eigenvalue weighted by Gasteiger charge is -2.12. The van der Waals surface area contributed by atoms with E-state index in [-0.39, 0.29) is 0 Å². The standard InChI is InChI=1S/C18H13FN2OS/c19-15-4-2-1-3-14(15)17(21-22)11-5-6-16-13(9-11)10-12-7-8-23-18(12)20-16/h1-6,9-10,17H,7-8H2. The molecule has 1 unspecified atom stereocenters. The van der Waals surface area contributed by atoms with Gasteiger partial charge in [0, 0.05) is 16.7 Å². The maximum absolute atomic E-state index is 14.0. The lowest BCUT2D eigenvalue weighted by Crippen LogP contribution is -2.00. The third-order valence-corrected chi connectivity index (χ3v) is 5.14. The molecule has 0 saturated heterocycles. The summed E-state index contributed by atoms with van der Waals surface area (Å²) in [6.07, 6.45) is 1.01. The van der Waals surface area contributed by atoms with Crippen LogP contribution in [0.15, 0.2) is 58.7 Å². The number of halogens is 1. The Bertz CT molecular complexity index is 913. The number of hydrogen-bond donors (Lipinski definition) is 0. The first-order chi connectivity index (χ1) is 11.3. The average molecular weight is 324 g/mol. The SMILES string of the molecule is O=NC(c1ccc2nc3c(cc2c1)CCS3)c1ccccc1F. The number of hydrogen-bond acceptors (Lipinski definition) is 4. The largest absolute Gasteiger partial charge is 0.241 e. The number of fused-ring (bicyclic) bond motifs is 2. The lowest BCUT2D eigenvalue weighted by atomic mass is 9.97. The van der Waals surface area contributed by atoms with Gasteiger partial charge in [-0.3, -0.25) is 0 Å². The van der Waals surface area contributed by atoms with Gasteiger partial charge in [-0.15, -0.1) is 16.7 Å². The molecule has 1 aromatic heterocycles. The van der Waals surface area contributed by atoms with Crippen molar-refractivity contribution >= 4 is 22.7 Å². The second-order valence-corrected chi connectivity index (χ2v) is 6.62. The van der Waals surface area contributed by atoms with Crippen LogP contribution >= 0.6 is 11.8 Å². The van der Waals surface area contributed by atoms with Gasteiger partial charge in [-0.25, -0.2) is 9.37 Å². The molecule has 1 aliphatic heterocycles.